The van der Waals surface area contributed by atoms with Gasteiger partial charge in [-0.05, 0) is 45.1 Å². The molecule has 0 heterocycles. The Kier molecular flexibility index (Phi) is 6.56. The molecule has 3 heteroatoms. The molecule has 0 bridgehead atoms. The third-order valence-corrected chi connectivity index (χ3v) is 3.85. The van der Waals surface area contributed by atoms with Gasteiger partial charge in [0.25, 0.3) is 0 Å². The second-order valence-corrected chi connectivity index (χ2v) is 5.53. The number of carbonyl (C=O) groups is 1. The zero-order chi connectivity index (χ0) is 12.7. The number of nitrogens with one attached hydrogen (secondary N) is 1. The molecule has 0 aromatic rings. The van der Waals surface area contributed by atoms with E-state index in [0.29, 0.717) is 12.6 Å². The van der Waals surface area contributed by atoms with E-state index in [4.69, 9.17) is 0 Å². The molecule has 0 aliphatic heterocycles. The SMILES string of the molecule is CCCCNC(=O)CN(C)C1CCC(C)CC1. The van der Waals surface area contributed by atoms with Crippen LogP contribution in [0.2, 0.25) is 0 Å². The third kappa shape index (κ3) is 5.53. The van der Waals surface area contributed by atoms with E-state index in [-0.39, 0.29) is 5.91 Å². The summed E-state index contributed by atoms with van der Waals surface area (Å²) in [7, 11) is 2.08. The van der Waals surface area contributed by atoms with Crippen molar-refractivity contribution >= 4 is 5.91 Å². The van der Waals surface area contributed by atoms with Crippen LogP contribution in [0.1, 0.15) is 52.4 Å². The first-order valence-corrected chi connectivity index (χ1v) is 7.10. The van der Waals surface area contributed by atoms with E-state index in [1.807, 2.05) is 0 Å². The molecule has 0 aromatic heterocycles. The van der Waals surface area contributed by atoms with Crippen LogP contribution in [-0.2, 0) is 4.79 Å². The molecule has 0 aromatic carbocycles. The highest BCUT2D eigenvalue weighted by Crippen LogP contribution is 2.26. The number of hydrogen-bond acceptors (Lipinski definition) is 2. The molecule has 1 aliphatic carbocycles. The Hall–Kier alpha value is -0.570. The van der Waals surface area contributed by atoms with Crippen molar-refractivity contribution in [3.8, 4) is 0 Å². The lowest BCUT2D eigenvalue weighted by atomic mass is 9.87. The normalized spacial score (nSPS) is 24.9. The van der Waals surface area contributed by atoms with Crippen molar-refractivity contribution in [1.82, 2.24) is 10.2 Å². The topological polar surface area (TPSA) is 32.3 Å². The molecule has 100 valence electrons. The van der Waals surface area contributed by atoms with Crippen LogP contribution in [0, 0.1) is 5.92 Å². The minimum atomic E-state index is 0.180. The van der Waals surface area contributed by atoms with E-state index >= 15 is 0 Å². The molecule has 0 spiro atoms. The van der Waals surface area contributed by atoms with Crippen molar-refractivity contribution < 1.29 is 4.79 Å². The van der Waals surface area contributed by atoms with E-state index in [9.17, 15) is 4.79 Å². The molecule has 1 saturated carbocycles. The average Bonchev–Trinajstić information content (AvgIpc) is 2.30. The zero-order valence-electron chi connectivity index (χ0n) is 11.7. The first-order valence-electron chi connectivity index (χ1n) is 7.10. The average molecular weight is 240 g/mol. The summed E-state index contributed by atoms with van der Waals surface area (Å²) < 4.78 is 0. The van der Waals surface area contributed by atoms with Gasteiger partial charge in [-0.25, -0.2) is 0 Å². The van der Waals surface area contributed by atoms with Crippen molar-refractivity contribution in [2.75, 3.05) is 20.1 Å². The second kappa shape index (κ2) is 7.70. The van der Waals surface area contributed by atoms with Gasteiger partial charge in [-0.2, -0.15) is 0 Å². The predicted molar refractivity (Wildman–Crippen MR) is 72.0 cm³/mol. The van der Waals surface area contributed by atoms with Crippen LogP contribution in [-0.4, -0.2) is 37.0 Å². The molecule has 1 N–H and O–H groups in total. The van der Waals surface area contributed by atoms with Crippen LogP contribution in [0.3, 0.4) is 0 Å². The largest absolute Gasteiger partial charge is 0.355 e. The van der Waals surface area contributed by atoms with Crippen molar-refractivity contribution in [2.45, 2.75) is 58.4 Å². The van der Waals surface area contributed by atoms with Crippen molar-refractivity contribution in [2.24, 2.45) is 5.92 Å². The highest BCUT2D eigenvalue weighted by molar-refractivity contribution is 5.77. The van der Waals surface area contributed by atoms with E-state index in [2.05, 4.69) is 31.1 Å². The maximum absolute atomic E-state index is 11.7. The van der Waals surface area contributed by atoms with E-state index in [0.717, 1.165) is 25.3 Å². The Balaban J connectivity index is 2.19. The number of rotatable bonds is 6. The van der Waals surface area contributed by atoms with Gasteiger partial charge in [0.1, 0.15) is 0 Å². The number of unbranched alkanes of at least 4 members (excludes halogenated alkanes) is 1. The molecule has 1 aliphatic rings. The van der Waals surface area contributed by atoms with E-state index in [1.54, 1.807) is 0 Å². The lowest BCUT2D eigenvalue weighted by Gasteiger charge is -2.33. The summed E-state index contributed by atoms with van der Waals surface area (Å²) in [4.78, 5) is 13.9. The van der Waals surface area contributed by atoms with Gasteiger partial charge in [0.15, 0.2) is 0 Å². The molecule has 0 atom stereocenters. The first-order chi connectivity index (χ1) is 8.13. The number of likely N-dealkylation sites (N-methyl/N-ethyl adjacent to an activating group) is 1. The quantitative estimate of drug-likeness (QED) is 0.723. The maximum Gasteiger partial charge on any atom is 0.234 e. The summed E-state index contributed by atoms with van der Waals surface area (Å²) in [5.74, 6) is 1.05. The Morgan fingerprint density at radius 3 is 2.53 bits per heavy atom. The minimum Gasteiger partial charge on any atom is -0.355 e. The molecule has 17 heavy (non-hydrogen) atoms. The smallest absolute Gasteiger partial charge is 0.234 e. The Bertz CT molecular complexity index is 222. The fourth-order valence-electron chi connectivity index (χ4n) is 2.50. The van der Waals surface area contributed by atoms with Crippen molar-refractivity contribution in [3.63, 3.8) is 0 Å². The van der Waals surface area contributed by atoms with Gasteiger partial charge in [0.05, 0.1) is 6.54 Å². The summed E-state index contributed by atoms with van der Waals surface area (Å²) in [5.41, 5.74) is 0. The maximum atomic E-state index is 11.7. The minimum absolute atomic E-state index is 0.180. The Morgan fingerprint density at radius 1 is 1.29 bits per heavy atom. The van der Waals surface area contributed by atoms with E-state index < -0.39 is 0 Å². The monoisotopic (exact) mass is 240 g/mol. The summed E-state index contributed by atoms with van der Waals surface area (Å²) in [6.07, 6.45) is 7.34. The van der Waals surface area contributed by atoms with Crippen molar-refractivity contribution in [1.29, 1.82) is 0 Å². The lowest BCUT2D eigenvalue weighted by Crippen LogP contribution is -2.42. The lowest BCUT2D eigenvalue weighted by molar-refractivity contribution is -0.122. The molecular formula is C14H28N2O. The number of amides is 1. The van der Waals surface area contributed by atoms with Gasteiger partial charge in [0.2, 0.25) is 5.91 Å². The molecule has 1 amide bonds. The highest BCUT2D eigenvalue weighted by atomic mass is 16.2. The Morgan fingerprint density at radius 2 is 1.94 bits per heavy atom. The second-order valence-electron chi connectivity index (χ2n) is 5.53. The van der Waals surface area contributed by atoms with Crippen LogP contribution in [0.25, 0.3) is 0 Å². The van der Waals surface area contributed by atoms with Crippen molar-refractivity contribution in [3.05, 3.63) is 0 Å². The summed E-state index contributed by atoms with van der Waals surface area (Å²) in [6, 6.07) is 0.614. The van der Waals surface area contributed by atoms with Gasteiger partial charge in [-0.15, -0.1) is 0 Å². The van der Waals surface area contributed by atoms with Crippen LogP contribution >= 0.6 is 0 Å². The van der Waals surface area contributed by atoms with Gasteiger partial charge >= 0.3 is 0 Å². The molecule has 3 nitrogen and oxygen atoms in total. The standard InChI is InChI=1S/C14H28N2O/c1-4-5-10-15-14(17)11-16(3)13-8-6-12(2)7-9-13/h12-13H,4-11H2,1-3H3,(H,15,17). The third-order valence-electron chi connectivity index (χ3n) is 3.85. The summed E-state index contributed by atoms with van der Waals surface area (Å²) in [6.45, 7) is 5.85. The van der Waals surface area contributed by atoms with Gasteiger partial charge in [-0.1, -0.05) is 20.3 Å². The molecule has 0 radical (unpaired) electrons. The zero-order valence-corrected chi connectivity index (χ0v) is 11.7. The van der Waals surface area contributed by atoms with Gasteiger partial charge < -0.3 is 5.32 Å². The molecule has 0 saturated heterocycles. The number of nitrogens with zero attached hydrogens (tertiary/aromatic N) is 1. The first kappa shape index (κ1) is 14.5. The fraction of sp³-hybridized carbons (Fsp3) is 0.929. The van der Waals surface area contributed by atoms with Gasteiger partial charge in [0, 0.05) is 12.6 Å². The molecular weight excluding hydrogens is 212 g/mol. The Labute approximate surface area is 106 Å². The van der Waals surface area contributed by atoms with Crippen LogP contribution in [0.4, 0.5) is 0 Å². The fourth-order valence-corrected chi connectivity index (χ4v) is 2.50. The van der Waals surface area contributed by atoms with Crippen LogP contribution in [0.15, 0.2) is 0 Å². The number of carbonyl (C=O) groups excluding carboxylic acids is 1. The van der Waals surface area contributed by atoms with Crippen LogP contribution in [0.5, 0.6) is 0 Å². The molecule has 1 fully saturated rings. The summed E-state index contributed by atoms with van der Waals surface area (Å²) >= 11 is 0. The highest BCUT2D eigenvalue weighted by Gasteiger charge is 2.22. The van der Waals surface area contributed by atoms with Crippen LogP contribution < -0.4 is 5.32 Å². The number of hydrogen-bond donors (Lipinski definition) is 1. The molecule has 0 unspecified atom stereocenters. The summed E-state index contributed by atoms with van der Waals surface area (Å²) in [5, 5.41) is 2.98. The van der Waals surface area contributed by atoms with Gasteiger partial charge in [-0.3, -0.25) is 9.69 Å². The predicted octanol–water partition coefficient (Wildman–Crippen LogP) is 2.41. The van der Waals surface area contributed by atoms with E-state index in [1.165, 1.54) is 25.7 Å². The molecule has 1 rings (SSSR count).